The second kappa shape index (κ2) is 5.17. The Morgan fingerprint density at radius 2 is 1.85 bits per heavy atom. The maximum absolute atomic E-state index is 13.1. The van der Waals surface area contributed by atoms with Crippen LogP contribution in [-0.4, -0.2) is 9.78 Å². The Morgan fingerprint density at radius 1 is 1.05 bits per heavy atom. The molecule has 0 amide bonds. The first-order valence-corrected chi connectivity index (χ1v) is 6.35. The van der Waals surface area contributed by atoms with Gasteiger partial charge in [-0.1, -0.05) is 30.3 Å². The first kappa shape index (κ1) is 12.4. The maximum atomic E-state index is 13.1. The molecule has 0 fully saturated rings. The van der Waals surface area contributed by atoms with Crippen molar-refractivity contribution >= 4 is 5.69 Å². The van der Waals surface area contributed by atoms with Gasteiger partial charge in [-0.25, -0.2) is 4.39 Å². The van der Waals surface area contributed by atoms with Crippen LogP contribution in [0.25, 0.3) is 11.3 Å². The number of nitrogens with two attached hydrogens (primary N) is 1. The summed E-state index contributed by atoms with van der Waals surface area (Å²) in [4.78, 5) is 0. The molecule has 3 rings (SSSR count). The molecule has 3 nitrogen and oxygen atoms in total. The molecule has 0 bridgehead atoms. The van der Waals surface area contributed by atoms with Gasteiger partial charge in [0.2, 0.25) is 0 Å². The summed E-state index contributed by atoms with van der Waals surface area (Å²) in [5, 5.41) is 4.32. The summed E-state index contributed by atoms with van der Waals surface area (Å²) in [7, 11) is 0. The number of rotatable bonds is 3. The zero-order chi connectivity index (χ0) is 13.9. The quantitative estimate of drug-likeness (QED) is 0.740. The van der Waals surface area contributed by atoms with Crippen molar-refractivity contribution < 1.29 is 4.39 Å². The normalized spacial score (nSPS) is 10.7. The minimum absolute atomic E-state index is 0.333. The van der Waals surface area contributed by atoms with Crippen molar-refractivity contribution in [1.29, 1.82) is 0 Å². The van der Waals surface area contributed by atoms with Gasteiger partial charge in [0.1, 0.15) is 5.82 Å². The summed E-state index contributed by atoms with van der Waals surface area (Å²) in [5.74, 6) is -0.333. The number of hydrogen-bond acceptors (Lipinski definition) is 2. The minimum Gasteiger partial charge on any atom is -0.398 e. The molecule has 100 valence electrons. The van der Waals surface area contributed by atoms with Gasteiger partial charge in [0.15, 0.2) is 0 Å². The topological polar surface area (TPSA) is 43.8 Å². The Hall–Kier alpha value is -2.62. The summed E-state index contributed by atoms with van der Waals surface area (Å²) in [5.41, 5.74) is 9.13. The zero-order valence-corrected chi connectivity index (χ0v) is 10.8. The lowest BCUT2D eigenvalue weighted by Crippen LogP contribution is -2.04. The molecule has 0 saturated heterocycles. The molecule has 0 aliphatic heterocycles. The number of hydrogen-bond donors (Lipinski definition) is 1. The fraction of sp³-hybridized carbons (Fsp3) is 0.0625. The van der Waals surface area contributed by atoms with Gasteiger partial charge in [0.05, 0.1) is 12.2 Å². The van der Waals surface area contributed by atoms with Gasteiger partial charge >= 0.3 is 0 Å². The summed E-state index contributed by atoms with van der Waals surface area (Å²) in [6.07, 6.45) is 1.72. The Bertz CT molecular complexity index is 720. The molecule has 4 heteroatoms. The van der Waals surface area contributed by atoms with Crippen LogP contribution in [0.1, 0.15) is 5.56 Å². The van der Waals surface area contributed by atoms with E-state index in [-0.39, 0.29) is 5.82 Å². The van der Waals surface area contributed by atoms with Crippen molar-refractivity contribution in [3.63, 3.8) is 0 Å². The van der Waals surface area contributed by atoms with Crippen LogP contribution >= 0.6 is 0 Å². The highest BCUT2D eigenvalue weighted by molar-refractivity contribution is 5.73. The molecule has 1 heterocycles. The fourth-order valence-corrected chi connectivity index (χ4v) is 2.21. The predicted octanol–water partition coefficient (Wildman–Crippen LogP) is 3.32. The Kier molecular flexibility index (Phi) is 3.21. The van der Waals surface area contributed by atoms with Crippen molar-refractivity contribution in [3.05, 3.63) is 72.2 Å². The largest absolute Gasteiger partial charge is 0.398 e. The molecule has 1 aromatic heterocycles. The van der Waals surface area contributed by atoms with E-state index in [4.69, 9.17) is 5.73 Å². The average Bonchev–Trinajstić information content (AvgIpc) is 2.88. The molecule has 0 spiro atoms. The van der Waals surface area contributed by atoms with Gasteiger partial charge in [-0.15, -0.1) is 0 Å². The van der Waals surface area contributed by atoms with Crippen LogP contribution in [0.2, 0.25) is 0 Å². The predicted molar refractivity (Wildman–Crippen MR) is 77.6 cm³/mol. The van der Waals surface area contributed by atoms with E-state index < -0.39 is 0 Å². The summed E-state index contributed by atoms with van der Waals surface area (Å²) in [6.45, 7) is 0.653. The number of halogens is 1. The molecule has 0 aliphatic rings. The van der Waals surface area contributed by atoms with E-state index in [1.165, 1.54) is 12.1 Å². The van der Waals surface area contributed by atoms with E-state index in [1.54, 1.807) is 12.3 Å². The summed E-state index contributed by atoms with van der Waals surface area (Å²) in [6, 6.07) is 16.3. The van der Waals surface area contributed by atoms with Gasteiger partial charge in [0.25, 0.3) is 0 Å². The van der Waals surface area contributed by atoms with Crippen molar-refractivity contribution in [2.24, 2.45) is 0 Å². The van der Waals surface area contributed by atoms with Crippen LogP contribution in [0, 0.1) is 5.82 Å². The summed E-state index contributed by atoms with van der Waals surface area (Å²) >= 11 is 0. The fourth-order valence-electron chi connectivity index (χ4n) is 2.21. The molecule has 3 aromatic rings. The van der Waals surface area contributed by atoms with Crippen LogP contribution in [0.3, 0.4) is 0 Å². The number of anilines is 1. The van der Waals surface area contributed by atoms with Crippen molar-refractivity contribution in [2.45, 2.75) is 6.54 Å². The third-order valence-electron chi connectivity index (χ3n) is 3.18. The number of nitrogen functional groups attached to an aromatic ring is 1. The highest BCUT2D eigenvalue weighted by atomic mass is 19.1. The standard InChI is InChI=1S/C16H14FN3/c17-13-6-7-14(15(18)10-13)16-8-9-19-20(16)11-12-4-2-1-3-5-12/h1-10H,11,18H2. The van der Waals surface area contributed by atoms with Crippen molar-refractivity contribution in [3.8, 4) is 11.3 Å². The van der Waals surface area contributed by atoms with E-state index in [0.717, 1.165) is 16.8 Å². The molecule has 0 aliphatic carbocycles. The zero-order valence-electron chi connectivity index (χ0n) is 10.8. The molecule has 0 unspecified atom stereocenters. The van der Waals surface area contributed by atoms with Crippen LogP contribution in [0.4, 0.5) is 10.1 Å². The highest BCUT2D eigenvalue weighted by Gasteiger charge is 2.09. The molecule has 2 aromatic carbocycles. The number of nitrogens with zero attached hydrogens (tertiary/aromatic N) is 2. The second-order valence-corrected chi connectivity index (χ2v) is 4.59. The molecule has 20 heavy (non-hydrogen) atoms. The van der Waals surface area contributed by atoms with Gasteiger partial charge in [-0.2, -0.15) is 5.10 Å². The van der Waals surface area contributed by atoms with Crippen LogP contribution in [0.5, 0.6) is 0 Å². The minimum atomic E-state index is -0.333. The smallest absolute Gasteiger partial charge is 0.125 e. The van der Waals surface area contributed by atoms with Crippen LogP contribution < -0.4 is 5.73 Å². The molecular weight excluding hydrogens is 253 g/mol. The van der Waals surface area contributed by atoms with Crippen molar-refractivity contribution in [2.75, 3.05) is 5.73 Å². The van der Waals surface area contributed by atoms with E-state index in [1.807, 2.05) is 41.1 Å². The number of benzene rings is 2. The van der Waals surface area contributed by atoms with Gasteiger partial charge in [-0.3, -0.25) is 4.68 Å². The lowest BCUT2D eigenvalue weighted by atomic mass is 10.1. The van der Waals surface area contributed by atoms with E-state index in [2.05, 4.69) is 5.10 Å². The average molecular weight is 267 g/mol. The summed E-state index contributed by atoms with van der Waals surface area (Å²) < 4.78 is 15.0. The monoisotopic (exact) mass is 267 g/mol. The first-order chi connectivity index (χ1) is 9.74. The Balaban J connectivity index is 1.98. The third-order valence-corrected chi connectivity index (χ3v) is 3.18. The van der Waals surface area contributed by atoms with Crippen LogP contribution in [0.15, 0.2) is 60.8 Å². The molecule has 0 saturated carbocycles. The van der Waals surface area contributed by atoms with E-state index in [9.17, 15) is 4.39 Å². The van der Waals surface area contributed by atoms with Crippen LogP contribution in [-0.2, 0) is 6.54 Å². The van der Waals surface area contributed by atoms with E-state index >= 15 is 0 Å². The van der Waals surface area contributed by atoms with Crippen molar-refractivity contribution in [1.82, 2.24) is 9.78 Å². The van der Waals surface area contributed by atoms with Gasteiger partial charge < -0.3 is 5.73 Å². The molecule has 0 radical (unpaired) electrons. The second-order valence-electron chi connectivity index (χ2n) is 4.59. The highest BCUT2D eigenvalue weighted by Crippen LogP contribution is 2.26. The Labute approximate surface area is 116 Å². The molecule has 0 atom stereocenters. The lowest BCUT2D eigenvalue weighted by molar-refractivity contribution is 0.628. The first-order valence-electron chi connectivity index (χ1n) is 6.35. The lowest BCUT2D eigenvalue weighted by Gasteiger charge is -2.10. The Morgan fingerprint density at radius 3 is 2.60 bits per heavy atom. The SMILES string of the molecule is Nc1cc(F)ccc1-c1ccnn1Cc1ccccc1. The maximum Gasteiger partial charge on any atom is 0.125 e. The third kappa shape index (κ3) is 2.40. The number of aromatic nitrogens is 2. The van der Waals surface area contributed by atoms with Gasteiger partial charge in [-0.05, 0) is 29.8 Å². The van der Waals surface area contributed by atoms with E-state index in [0.29, 0.717) is 12.2 Å². The van der Waals surface area contributed by atoms with Gasteiger partial charge in [0, 0.05) is 17.4 Å². The molecule has 2 N–H and O–H groups in total. The molecular formula is C16H14FN3.